The molecule has 0 atom stereocenters. The maximum atomic E-state index is 13.2. The SMILES string of the molecule is Cc1ccc(-c2csc3ncn(CCC(=O)Nc4c(C)cc(Br)cc4C)c(=O)c23)cc1. The number of halogens is 1. The predicted octanol–water partition coefficient (Wildman–Crippen LogP) is 5.84. The fraction of sp³-hybridized carbons (Fsp3) is 0.208. The van der Waals surface area contributed by atoms with E-state index in [-0.39, 0.29) is 24.4 Å². The van der Waals surface area contributed by atoms with Crippen molar-refractivity contribution in [1.82, 2.24) is 9.55 Å². The average molecular weight is 496 g/mol. The number of rotatable bonds is 5. The van der Waals surface area contributed by atoms with Crippen molar-refractivity contribution in [3.05, 3.63) is 79.6 Å². The van der Waals surface area contributed by atoms with Gasteiger partial charge in [0.15, 0.2) is 0 Å². The van der Waals surface area contributed by atoms with Crippen LogP contribution < -0.4 is 10.9 Å². The Morgan fingerprint density at radius 3 is 2.48 bits per heavy atom. The molecule has 2 aromatic heterocycles. The summed E-state index contributed by atoms with van der Waals surface area (Å²) in [6.45, 7) is 6.22. The summed E-state index contributed by atoms with van der Waals surface area (Å²) in [6.07, 6.45) is 1.72. The molecule has 0 saturated heterocycles. The molecule has 0 radical (unpaired) electrons. The molecule has 7 heteroatoms. The molecule has 2 aromatic carbocycles. The van der Waals surface area contributed by atoms with E-state index in [0.29, 0.717) is 10.2 Å². The van der Waals surface area contributed by atoms with Crippen molar-refractivity contribution in [2.45, 2.75) is 33.7 Å². The topological polar surface area (TPSA) is 64.0 Å². The molecule has 2 heterocycles. The Morgan fingerprint density at radius 1 is 1.13 bits per heavy atom. The lowest BCUT2D eigenvalue weighted by atomic mass is 10.1. The van der Waals surface area contributed by atoms with Crippen LogP contribution >= 0.6 is 27.3 Å². The Labute approximate surface area is 192 Å². The third-order valence-electron chi connectivity index (χ3n) is 5.26. The zero-order valence-electron chi connectivity index (χ0n) is 17.5. The second-order valence-electron chi connectivity index (χ2n) is 7.65. The molecule has 0 aliphatic heterocycles. The normalized spacial score (nSPS) is 11.1. The molecule has 158 valence electrons. The van der Waals surface area contributed by atoms with Crippen LogP contribution in [-0.2, 0) is 11.3 Å². The highest BCUT2D eigenvalue weighted by atomic mass is 79.9. The van der Waals surface area contributed by atoms with Gasteiger partial charge in [0.25, 0.3) is 5.56 Å². The summed E-state index contributed by atoms with van der Waals surface area (Å²) in [4.78, 5) is 30.9. The highest BCUT2D eigenvalue weighted by Gasteiger charge is 2.14. The van der Waals surface area contributed by atoms with Crippen LogP contribution in [0.25, 0.3) is 21.3 Å². The average Bonchev–Trinajstić information content (AvgIpc) is 3.16. The van der Waals surface area contributed by atoms with Gasteiger partial charge in [-0.1, -0.05) is 45.8 Å². The number of nitrogens with zero attached hydrogens (tertiary/aromatic N) is 2. The van der Waals surface area contributed by atoms with Gasteiger partial charge in [-0.15, -0.1) is 11.3 Å². The van der Waals surface area contributed by atoms with Gasteiger partial charge in [0.2, 0.25) is 5.91 Å². The van der Waals surface area contributed by atoms with Crippen LogP contribution in [0, 0.1) is 20.8 Å². The van der Waals surface area contributed by atoms with Gasteiger partial charge in [0.1, 0.15) is 4.83 Å². The van der Waals surface area contributed by atoms with Crippen molar-refractivity contribution in [2.75, 3.05) is 5.32 Å². The number of anilines is 1. The number of fused-ring (bicyclic) bond motifs is 1. The molecule has 5 nitrogen and oxygen atoms in total. The summed E-state index contributed by atoms with van der Waals surface area (Å²) in [5.41, 5.74) is 5.72. The first-order chi connectivity index (χ1) is 14.8. The van der Waals surface area contributed by atoms with Gasteiger partial charge in [0, 0.05) is 34.1 Å². The van der Waals surface area contributed by atoms with E-state index in [1.807, 2.05) is 62.5 Å². The van der Waals surface area contributed by atoms with Crippen LogP contribution in [-0.4, -0.2) is 15.5 Å². The molecule has 4 aromatic rings. The van der Waals surface area contributed by atoms with Gasteiger partial charge in [0.05, 0.1) is 11.7 Å². The van der Waals surface area contributed by atoms with E-state index in [0.717, 1.165) is 32.4 Å². The molecular weight excluding hydrogens is 474 g/mol. The van der Waals surface area contributed by atoms with E-state index in [1.165, 1.54) is 27.8 Å². The maximum absolute atomic E-state index is 13.2. The Bertz CT molecular complexity index is 1320. The lowest BCUT2D eigenvalue weighted by Gasteiger charge is -2.13. The number of aromatic nitrogens is 2. The zero-order valence-corrected chi connectivity index (χ0v) is 19.9. The van der Waals surface area contributed by atoms with E-state index >= 15 is 0 Å². The van der Waals surface area contributed by atoms with E-state index in [2.05, 4.69) is 26.2 Å². The Kier molecular flexibility index (Phi) is 6.07. The highest BCUT2D eigenvalue weighted by molar-refractivity contribution is 9.10. The monoisotopic (exact) mass is 495 g/mol. The van der Waals surface area contributed by atoms with E-state index in [9.17, 15) is 9.59 Å². The predicted molar refractivity (Wildman–Crippen MR) is 131 cm³/mol. The minimum atomic E-state index is -0.135. The Morgan fingerprint density at radius 2 is 1.81 bits per heavy atom. The van der Waals surface area contributed by atoms with E-state index in [4.69, 9.17) is 0 Å². The maximum Gasteiger partial charge on any atom is 0.262 e. The third-order valence-corrected chi connectivity index (χ3v) is 6.61. The minimum absolute atomic E-state index is 0.120. The summed E-state index contributed by atoms with van der Waals surface area (Å²) >= 11 is 4.93. The fourth-order valence-electron chi connectivity index (χ4n) is 3.60. The Hall–Kier alpha value is -2.77. The molecule has 1 N–H and O–H groups in total. The number of aryl methyl sites for hydroxylation is 4. The van der Waals surface area contributed by atoms with Crippen molar-refractivity contribution in [3.63, 3.8) is 0 Å². The van der Waals surface area contributed by atoms with Gasteiger partial charge in [-0.05, 0) is 49.6 Å². The molecule has 0 fully saturated rings. The van der Waals surface area contributed by atoms with E-state index < -0.39 is 0 Å². The summed E-state index contributed by atoms with van der Waals surface area (Å²) in [5, 5.41) is 5.56. The number of thiophene rings is 1. The number of hydrogen-bond donors (Lipinski definition) is 1. The molecule has 0 saturated carbocycles. The number of carbonyl (C=O) groups excluding carboxylic acids is 1. The summed E-state index contributed by atoms with van der Waals surface area (Å²) in [7, 11) is 0. The number of nitrogens with one attached hydrogen (secondary N) is 1. The summed E-state index contributed by atoms with van der Waals surface area (Å²) in [6, 6.07) is 12.0. The lowest BCUT2D eigenvalue weighted by molar-refractivity contribution is -0.116. The first-order valence-electron chi connectivity index (χ1n) is 9.94. The van der Waals surface area contributed by atoms with Crippen molar-refractivity contribution in [3.8, 4) is 11.1 Å². The largest absolute Gasteiger partial charge is 0.326 e. The first-order valence-corrected chi connectivity index (χ1v) is 11.6. The van der Waals surface area contributed by atoms with Crippen LogP contribution in [0.15, 0.2) is 57.4 Å². The van der Waals surface area contributed by atoms with Gasteiger partial charge >= 0.3 is 0 Å². The molecule has 31 heavy (non-hydrogen) atoms. The van der Waals surface area contributed by atoms with E-state index in [1.54, 1.807) is 0 Å². The van der Waals surface area contributed by atoms with Gasteiger partial charge < -0.3 is 5.32 Å². The first kappa shape index (κ1) is 21.5. The van der Waals surface area contributed by atoms with Crippen molar-refractivity contribution in [2.24, 2.45) is 0 Å². The highest BCUT2D eigenvalue weighted by Crippen LogP contribution is 2.30. The summed E-state index contributed by atoms with van der Waals surface area (Å²) < 4.78 is 2.50. The standard InChI is InChI=1S/C24H22BrN3O2S/c1-14-4-6-17(7-5-14)19-12-31-23-21(19)24(30)28(13-26-23)9-8-20(29)27-22-15(2)10-18(25)11-16(22)3/h4-7,10-13H,8-9H2,1-3H3,(H,27,29). The third kappa shape index (κ3) is 4.48. The Balaban J connectivity index is 1.56. The van der Waals surface area contributed by atoms with Gasteiger partial charge in [-0.2, -0.15) is 0 Å². The molecule has 0 aliphatic carbocycles. The van der Waals surface area contributed by atoms with Crippen LogP contribution in [0.5, 0.6) is 0 Å². The fourth-order valence-corrected chi connectivity index (χ4v) is 5.20. The van der Waals surface area contributed by atoms with Crippen molar-refractivity contribution >= 4 is 49.1 Å². The summed E-state index contributed by atoms with van der Waals surface area (Å²) in [5.74, 6) is -0.135. The molecule has 0 aliphatic rings. The quantitative estimate of drug-likeness (QED) is 0.378. The number of hydrogen-bond acceptors (Lipinski definition) is 4. The van der Waals surface area contributed by atoms with Crippen LogP contribution in [0.3, 0.4) is 0 Å². The molecule has 4 rings (SSSR count). The molecule has 1 amide bonds. The molecular formula is C24H22BrN3O2S. The van der Waals surface area contributed by atoms with Crippen molar-refractivity contribution in [1.29, 1.82) is 0 Å². The molecule has 0 unspecified atom stereocenters. The van der Waals surface area contributed by atoms with Gasteiger partial charge in [-0.3, -0.25) is 14.2 Å². The number of amides is 1. The van der Waals surface area contributed by atoms with Crippen LogP contribution in [0.1, 0.15) is 23.1 Å². The lowest BCUT2D eigenvalue weighted by Crippen LogP contribution is -2.23. The van der Waals surface area contributed by atoms with Gasteiger partial charge in [-0.25, -0.2) is 4.98 Å². The van der Waals surface area contributed by atoms with Crippen LogP contribution in [0.2, 0.25) is 0 Å². The zero-order chi connectivity index (χ0) is 22.1. The second-order valence-corrected chi connectivity index (χ2v) is 9.43. The number of carbonyl (C=O) groups is 1. The minimum Gasteiger partial charge on any atom is -0.326 e. The molecule has 0 bridgehead atoms. The van der Waals surface area contributed by atoms with Crippen molar-refractivity contribution < 1.29 is 4.79 Å². The smallest absolute Gasteiger partial charge is 0.262 e. The number of benzene rings is 2. The van der Waals surface area contributed by atoms with Crippen LogP contribution in [0.4, 0.5) is 5.69 Å². The second kappa shape index (κ2) is 8.77. The molecule has 0 spiro atoms.